The van der Waals surface area contributed by atoms with Crippen LogP contribution < -0.4 is 0 Å². The van der Waals surface area contributed by atoms with Crippen molar-refractivity contribution in [3.63, 3.8) is 0 Å². The third kappa shape index (κ3) is 2.74. The van der Waals surface area contributed by atoms with Gasteiger partial charge in [0, 0.05) is 32.7 Å². The number of aromatic nitrogens is 1. The fraction of sp³-hybridized carbons (Fsp3) is 0.389. The van der Waals surface area contributed by atoms with Gasteiger partial charge in [-0.15, -0.1) is 0 Å². The molecular formula is C18H21N3O4S. The Labute approximate surface area is 152 Å². The SMILES string of the molecule is CN1CCn2c(C(=O)O)cc(S(=O)(=O)N3CCc4ccccc4C3)c2C1. The molecule has 1 aromatic carbocycles. The number of hydrogen-bond acceptors (Lipinski definition) is 4. The highest BCUT2D eigenvalue weighted by molar-refractivity contribution is 7.89. The molecule has 0 saturated carbocycles. The van der Waals surface area contributed by atoms with Crippen molar-refractivity contribution in [1.82, 2.24) is 13.8 Å². The van der Waals surface area contributed by atoms with Crippen LogP contribution in [0.4, 0.5) is 0 Å². The summed E-state index contributed by atoms with van der Waals surface area (Å²) < 4.78 is 29.7. The van der Waals surface area contributed by atoms with Gasteiger partial charge in [0.25, 0.3) is 0 Å². The zero-order chi connectivity index (χ0) is 18.5. The van der Waals surface area contributed by atoms with Gasteiger partial charge in [0.05, 0.1) is 5.69 Å². The molecule has 2 aliphatic heterocycles. The number of hydrogen-bond donors (Lipinski definition) is 1. The molecule has 0 fully saturated rings. The Morgan fingerprint density at radius 3 is 2.54 bits per heavy atom. The largest absolute Gasteiger partial charge is 0.477 e. The molecule has 0 saturated heterocycles. The number of benzene rings is 1. The molecule has 4 rings (SSSR count). The van der Waals surface area contributed by atoms with E-state index in [4.69, 9.17) is 0 Å². The Morgan fingerprint density at radius 2 is 1.81 bits per heavy atom. The van der Waals surface area contributed by atoms with Crippen LogP contribution in [0.2, 0.25) is 0 Å². The first-order valence-electron chi connectivity index (χ1n) is 8.59. The van der Waals surface area contributed by atoms with Crippen molar-refractivity contribution in [3.8, 4) is 0 Å². The van der Waals surface area contributed by atoms with Crippen molar-refractivity contribution in [2.24, 2.45) is 0 Å². The average molecular weight is 375 g/mol. The van der Waals surface area contributed by atoms with Crippen LogP contribution in [0.3, 0.4) is 0 Å². The number of carbonyl (C=O) groups is 1. The van der Waals surface area contributed by atoms with Crippen LogP contribution in [0.1, 0.15) is 27.3 Å². The van der Waals surface area contributed by atoms with Gasteiger partial charge in [0.2, 0.25) is 10.0 Å². The topological polar surface area (TPSA) is 82.8 Å². The second kappa shape index (κ2) is 6.22. The number of sulfonamides is 1. The fourth-order valence-corrected chi connectivity index (χ4v) is 5.45. The summed E-state index contributed by atoms with van der Waals surface area (Å²) in [6.07, 6.45) is 0.664. The van der Waals surface area contributed by atoms with Crippen LogP contribution in [0.5, 0.6) is 0 Å². The maximum atomic E-state index is 13.3. The second-order valence-corrected chi connectivity index (χ2v) is 8.80. The van der Waals surface area contributed by atoms with Gasteiger partial charge in [-0.3, -0.25) is 4.90 Å². The Hall–Kier alpha value is -2.16. The molecule has 0 amide bonds. The molecule has 26 heavy (non-hydrogen) atoms. The number of carboxylic acid groups (broad SMARTS) is 1. The fourth-order valence-electron chi connectivity index (χ4n) is 3.80. The Morgan fingerprint density at radius 1 is 1.08 bits per heavy atom. The van der Waals surface area contributed by atoms with E-state index < -0.39 is 16.0 Å². The van der Waals surface area contributed by atoms with Gasteiger partial charge in [-0.1, -0.05) is 24.3 Å². The molecule has 138 valence electrons. The predicted molar refractivity (Wildman–Crippen MR) is 95.5 cm³/mol. The van der Waals surface area contributed by atoms with Crippen molar-refractivity contribution in [1.29, 1.82) is 0 Å². The molecule has 0 radical (unpaired) electrons. The van der Waals surface area contributed by atoms with Crippen LogP contribution >= 0.6 is 0 Å². The van der Waals surface area contributed by atoms with E-state index in [0.29, 0.717) is 44.8 Å². The lowest BCUT2D eigenvalue weighted by atomic mass is 10.0. The summed E-state index contributed by atoms with van der Waals surface area (Å²) >= 11 is 0. The summed E-state index contributed by atoms with van der Waals surface area (Å²) in [7, 11) is -1.85. The molecular weight excluding hydrogens is 354 g/mol. The molecule has 7 nitrogen and oxygen atoms in total. The lowest BCUT2D eigenvalue weighted by Crippen LogP contribution is -2.37. The highest BCUT2D eigenvalue weighted by atomic mass is 32.2. The number of aromatic carboxylic acids is 1. The van der Waals surface area contributed by atoms with E-state index in [1.165, 1.54) is 15.9 Å². The molecule has 8 heteroatoms. The van der Waals surface area contributed by atoms with E-state index in [1.54, 1.807) is 4.57 Å². The number of nitrogens with zero attached hydrogens (tertiary/aromatic N) is 3. The van der Waals surface area contributed by atoms with Crippen LogP contribution in [0.25, 0.3) is 0 Å². The van der Waals surface area contributed by atoms with E-state index in [1.807, 2.05) is 36.2 Å². The average Bonchev–Trinajstić information content (AvgIpc) is 3.01. The summed E-state index contributed by atoms with van der Waals surface area (Å²) in [5, 5.41) is 9.48. The molecule has 0 atom stereocenters. The van der Waals surface area contributed by atoms with Gasteiger partial charge in [0.15, 0.2) is 0 Å². The van der Waals surface area contributed by atoms with E-state index in [0.717, 1.165) is 5.56 Å². The normalized spacial score (nSPS) is 18.3. The summed E-state index contributed by atoms with van der Waals surface area (Å²) in [4.78, 5) is 13.7. The zero-order valence-electron chi connectivity index (χ0n) is 14.6. The number of likely N-dealkylation sites (N-methyl/N-ethyl adjacent to an activating group) is 1. The third-order valence-corrected chi connectivity index (χ3v) is 7.13. The number of fused-ring (bicyclic) bond motifs is 2. The number of carboxylic acids is 1. The smallest absolute Gasteiger partial charge is 0.352 e. The van der Waals surface area contributed by atoms with Gasteiger partial charge >= 0.3 is 5.97 Å². The summed E-state index contributed by atoms with van der Waals surface area (Å²) in [6.45, 7) is 2.32. The minimum atomic E-state index is -3.76. The van der Waals surface area contributed by atoms with Crippen molar-refractivity contribution in [3.05, 3.63) is 52.8 Å². The third-order valence-electron chi connectivity index (χ3n) is 5.23. The summed E-state index contributed by atoms with van der Waals surface area (Å²) in [5.74, 6) is -1.10. The highest BCUT2D eigenvalue weighted by Gasteiger charge is 2.35. The lowest BCUT2D eigenvalue weighted by molar-refractivity contribution is 0.0681. The van der Waals surface area contributed by atoms with Gasteiger partial charge in [-0.25, -0.2) is 13.2 Å². The minimum Gasteiger partial charge on any atom is -0.477 e. The van der Waals surface area contributed by atoms with Crippen molar-refractivity contribution < 1.29 is 18.3 Å². The first kappa shape index (κ1) is 17.3. The van der Waals surface area contributed by atoms with Crippen LogP contribution in [-0.4, -0.2) is 53.4 Å². The molecule has 0 aliphatic carbocycles. The Balaban J connectivity index is 1.76. The first-order chi connectivity index (χ1) is 12.4. The molecule has 0 unspecified atom stereocenters. The molecule has 2 aromatic rings. The van der Waals surface area contributed by atoms with Gasteiger partial charge in [-0.2, -0.15) is 4.31 Å². The maximum Gasteiger partial charge on any atom is 0.352 e. The van der Waals surface area contributed by atoms with E-state index >= 15 is 0 Å². The molecule has 1 aromatic heterocycles. The van der Waals surface area contributed by atoms with E-state index in [-0.39, 0.29) is 10.6 Å². The molecule has 0 spiro atoms. The molecule has 0 bridgehead atoms. The molecule has 2 aliphatic rings. The van der Waals surface area contributed by atoms with Crippen molar-refractivity contribution in [2.75, 3.05) is 20.1 Å². The molecule has 3 heterocycles. The quantitative estimate of drug-likeness (QED) is 0.876. The zero-order valence-corrected chi connectivity index (χ0v) is 15.4. The van der Waals surface area contributed by atoms with Crippen LogP contribution in [-0.2, 0) is 36.1 Å². The summed E-state index contributed by atoms with van der Waals surface area (Å²) in [6, 6.07) is 9.17. The molecule has 1 N–H and O–H groups in total. The predicted octanol–water partition coefficient (Wildman–Crippen LogP) is 1.38. The van der Waals surface area contributed by atoms with E-state index in [9.17, 15) is 18.3 Å². The standard InChI is InChI=1S/C18H21N3O4S/c1-19-8-9-21-15(18(22)23)10-17(16(21)12-19)26(24,25)20-7-6-13-4-2-3-5-14(13)11-20/h2-5,10H,6-9,11-12H2,1H3,(H,22,23). The maximum absolute atomic E-state index is 13.3. The lowest BCUT2D eigenvalue weighted by Gasteiger charge is -2.30. The highest BCUT2D eigenvalue weighted by Crippen LogP contribution is 2.31. The first-order valence-corrected chi connectivity index (χ1v) is 10.0. The number of rotatable bonds is 3. The van der Waals surface area contributed by atoms with Crippen molar-refractivity contribution in [2.45, 2.75) is 31.0 Å². The summed E-state index contributed by atoms with van der Waals surface area (Å²) in [5.41, 5.74) is 2.79. The van der Waals surface area contributed by atoms with Crippen LogP contribution in [0, 0.1) is 0 Å². The van der Waals surface area contributed by atoms with Gasteiger partial charge in [-0.05, 0) is 30.7 Å². The van der Waals surface area contributed by atoms with Crippen molar-refractivity contribution >= 4 is 16.0 Å². The monoisotopic (exact) mass is 375 g/mol. The van der Waals surface area contributed by atoms with Crippen LogP contribution in [0.15, 0.2) is 35.2 Å². The van der Waals surface area contributed by atoms with E-state index in [2.05, 4.69) is 0 Å². The Bertz CT molecular complexity index is 980. The van der Waals surface area contributed by atoms with Gasteiger partial charge < -0.3 is 9.67 Å². The second-order valence-electron chi connectivity index (χ2n) is 6.89. The Kier molecular flexibility index (Phi) is 4.13. The minimum absolute atomic E-state index is 0.0454. The van der Waals surface area contributed by atoms with Gasteiger partial charge in [0.1, 0.15) is 10.6 Å².